The molecule has 152 valence electrons. The first-order valence-electron chi connectivity index (χ1n) is 9.01. The minimum absolute atomic E-state index is 0.181. The van der Waals surface area contributed by atoms with Crippen molar-refractivity contribution in [3.8, 4) is 0 Å². The quantitative estimate of drug-likeness (QED) is 0.323. The number of ketones is 1. The van der Waals surface area contributed by atoms with Gasteiger partial charge in [-0.3, -0.25) is 4.79 Å². The maximum absolute atomic E-state index is 12.5. The summed E-state index contributed by atoms with van der Waals surface area (Å²) in [6, 6.07) is 15.9. The number of Topliss-reactive ketones (excluding diaryl/α,β-unsaturated/α-hetero) is 1. The van der Waals surface area contributed by atoms with Crippen LogP contribution in [0, 0.1) is 5.41 Å². The van der Waals surface area contributed by atoms with Crippen LogP contribution >= 0.6 is 0 Å². The number of aliphatic hydroxyl groups is 3. The van der Waals surface area contributed by atoms with E-state index in [4.69, 9.17) is 4.74 Å². The fourth-order valence-electron chi connectivity index (χ4n) is 2.41. The molecule has 0 aliphatic heterocycles. The molecule has 0 aliphatic rings. The average Bonchev–Trinajstić information content (AvgIpc) is 2.79. The molecule has 0 aromatic heterocycles. The summed E-state index contributed by atoms with van der Waals surface area (Å²) in [5.74, 6) is -0.859. The Labute approximate surface area is 169 Å². The number of ether oxygens (including phenoxy) is 1. The second-order valence-electron chi connectivity index (χ2n) is 6.71. The number of hydrogen-bond donors (Lipinski definition) is 3. The van der Waals surface area contributed by atoms with Gasteiger partial charge in [0.25, 0.3) is 0 Å². The molecule has 0 bridgehead atoms. The van der Waals surface area contributed by atoms with Crippen LogP contribution < -0.4 is 0 Å². The highest BCUT2D eigenvalue weighted by Gasteiger charge is 2.29. The largest absolute Gasteiger partial charge is 0.462 e. The van der Waals surface area contributed by atoms with E-state index in [2.05, 4.69) is 6.58 Å². The van der Waals surface area contributed by atoms with E-state index in [-0.39, 0.29) is 12.4 Å². The third-order valence-electron chi connectivity index (χ3n) is 4.51. The molecule has 2 rings (SSSR count). The molecule has 0 atom stereocenters. The van der Waals surface area contributed by atoms with Crippen molar-refractivity contribution >= 4 is 23.4 Å². The van der Waals surface area contributed by atoms with Crippen molar-refractivity contribution in [2.24, 2.45) is 5.41 Å². The van der Waals surface area contributed by atoms with E-state index in [1.54, 1.807) is 24.3 Å². The zero-order valence-electron chi connectivity index (χ0n) is 16.0. The summed E-state index contributed by atoms with van der Waals surface area (Å²) in [5.41, 5.74) is 1.05. The Balaban J connectivity index is 1.97. The van der Waals surface area contributed by atoms with Crippen molar-refractivity contribution in [1.82, 2.24) is 0 Å². The lowest BCUT2D eigenvalue weighted by Crippen LogP contribution is -2.39. The average molecular weight is 396 g/mol. The van der Waals surface area contributed by atoms with E-state index < -0.39 is 31.2 Å². The molecule has 0 aliphatic carbocycles. The van der Waals surface area contributed by atoms with E-state index in [1.807, 2.05) is 30.3 Å². The Morgan fingerprint density at radius 1 is 0.897 bits per heavy atom. The second kappa shape index (κ2) is 10.5. The van der Waals surface area contributed by atoms with Crippen molar-refractivity contribution in [3.63, 3.8) is 0 Å². The molecular formula is C23H24O6. The molecule has 6 heteroatoms. The molecule has 0 spiro atoms. The molecule has 2 aromatic carbocycles. The van der Waals surface area contributed by atoms with Crippen LogP contribution in [0.1, 0.15) is 21.5 Å². The maximum atomic E-state index is 12.5. The van der Waals surface area contributed by atoms with Gasteiger partial charge >= 0.3 is 5.97 Å². The maximum Gasteiger partial charge on any atom is 0.330 e. The molecule has 29 heavy (non-hydrogen) atoms. The van der Waals surface area contributed by atoms with Crippen molar-refractivity contribution in [2.75, 3.05) is 26.4 Å². The van der Waals surface area contributed by atoms with Gasteiger partial charge in [0.15, 0.2) is 5.78 Å². The Morgan fingerprint density at radius 3 is 2.03 bits per heavy atom. The summed E-state index contributed by atoms with van der Waals surface area (Å²) in [5, 5.41) is 27.7. The third-order valence-corrected chi connectivity index (χ3v) is 4.51. The van der Waals surface area contributed by atoms with Gasteiger partial charge in [-0.15, -0.1) is 0 Å². The molecule has 6 nitrogen and oxygen atoms in total. The van der Waals surface area contributed by atoms with E-state index in [1.165, 1.54) is 12.2 Å². The summed E-state index contributed by atoms with van der Waals surface area (Å²) >= 11 is 0. The smallest absolute Gasteiger partial charge is 0.330 e. The molecule has 3 N–H and O–H groups in total. The van der Waals surface area contributed by atoms with Crippen molar-refractivity contribution in [3.05, 3.63) is 83.9 Å². The van der Waals surface area contributed by atoms with Gasteiger partial charge in [0, 0.05) is 17.2 Å². The van der Waals surface area contributed by atoms with Crippen molar-refractivity contribution in [1.29, 1.82) is 0 Å². The monoisotopic (exact) mass is 396 g/mol. The van der Waals surface area contributed by atoms with Crippen molar-refractivity contribution < 1.29 is 29.6 Å². The Bertz CT molecular complexity index is 856. The lowest BCUT2D eigenvalue weighted by Gasteiger charge is -2.26. The molecule has 0 fully saturated rings. The highest BCUT2D eigenvalue weighted by molar-refractivity contribution is 6.28. The number of benzene rings is 2. The molecule has 2 aromatic rings. The number of rotatable bonds is 10. The highest BCUT2D eigenvalue weighted by Crippen LogP contribution is 2.19. The molecule has 0 amide bonds. The first-order valence-corrected chi connectivity index (χ1v) is 9.01. The predicted octanol–water partition coefficient (Wildman–Crippen LogP) is 2.10. The van der Waals surface area contributed by atoms with Gasteiger partial charge in [0.1, 0.15) is 6.61 Å². The van der Waals surface area contributed by atoms with Crippen molar-refractivity contribution in [2.45, 2.75) is 0 Å². The second-order valence-corrected chi connectivity index (χ2v) is 6.71. The molecule has 0 heterocycles. The Hall–Kier alpha value is -3.06. The van der Waals surface area contributed by atoms with Crippen LogP contribution in [-0.4, -0.2) is 53.5 Å². The molecule has 0 unspecified atom stereocenters. The molecule has 0 radical (unpaired) electrons. The van der Waals surface area contributed by atoms with Crippen LogP contribution in [0.4, 0.5) is 0 Å². The fourth-order valence-corrected chi connectivity index (χ4v) is 2.41. The first-order chi connectivity index (χ1) is 13.9. The molecule has 0 saturated carbocycles. The van der Waals surface area contributed by atoms with Gasteiger partial charge in [-0.05, 0) is 17.2 Å². The highest BCUT2D eigenvalue weighted by atomic mass is 16.5. The van der Waals surface area contributed by atoms with Crippen LogP contribution in [0.3, 0.4) is 0 Å². The summed E-state index contributed by atoms with van der Waals surface area (Å²) in [7, 11) is 0. The molecule has 0 saturated heterocycles. The summed E-state index contributed by atoms with van der Waals surface area (Å²) < 4.78 is 4.97. The standard InChI is InChI=1S/C23H24O6/c1-17(19-5-3-2-4-6-19)22(28)20-10-7-18(8-11-20)9-12-21(27)29-16-23(13-24,14-25)15-26/h2-12,24-26H,1,13-16H2. The predicted molar refractivity (Wildman–Crippen MR) is 110 cm³/mol. The van der Waals surface area contributed by atoms with Crippen LogP contribution in [0.5, 0.6) is 0 Å². The number of esters is 1. The van der Waals surface area contributed by atoms with Gasteiger partial charge in [-0.1, -0.05) is 61.2 Å². The number of carbonyl (C=O) groups excluding carboxylic acids is 2. The van der Waals surface area contributed by atoms with E-state index in [0.29, 0.717) is 16.7 Å². The van der Waals surface area contributed by atoms with E-state index >= 15 is 0 Å². The summed E-state index contributed by atoms with van der Waals surface area (Å²) in [6.45, 7) is 2.02. The summed E-state index contributed by atoms with van der Waals surface area (Å²) in [6.07, 6.45) is 2.71. The van der Waals surface area contributed by atoms with Gasteiger partial charge in [0.05, 0.1) is 25.2 Å². The lowest BCUT2D eigenvalue weighted by atomic mass is 9.93. The zero-order chi connectivity index (χ0) is 21.3. The number of hydrogen-bond acceptors (Lipinski definition) is 6. The SMILES string of the molecule is C=C(C(=O)c1ccc(C=CC(=O)OCC(CO)(CO)CO)cc1)c1ccccc1. The third kappa shape index (κ3) is 5.96. The number of allylic oxidation sites excluding steroid dienone is 1. The lowest BCUT2D eigenvalue weighted by molar-refractivity contribution is -0.145. The van der Waals surface area contributed by atoms with Gasteiger partial charge in [0.2, 0.25) is 0 Å². The topological polar surface area (TPSA) is 104 Å². The first kappa shape index (κ1) is 22.2. The fraction of sp³-hybridized carbons (Fsp3) is 0.217. The minimum Gasteiger partial charge on any atom is -0.462 e. The minimum atomic E-state index is -1.27. The number of carbonyl (C=O) groups is 2. The van der Waals surface area contributed by atoms with Crippen LogP contribution in [0.15, 0.2) is 67.3 Å². The summed E-state index contributed by atoms with van der Waals surface area (Å²) in [4.78, 5) is 24.3. The van der Waals surface area contributed by atoms with Gasteiger partial charge in [-0.2, -0.15) is 0 Å². The van der Waals surface area contributed by atoms with Crippen LogP contribution in [0.2, 0.25) is 0 Å². The normalized spacial score (nSPS) is 11.4. The number of aliphatic hydroxyl groups excluding tert-OH is 3. The van der Waals surface area contributed by atoms with Crippen LogP contribution in [0.25, 0.3) is 11.6 Å². The van der Waals surface area contributed by atoms with Gasteiger partial charge in [-0.25, -0.2) is 4.79 Å². The van der Waals surface area contributed by atoms with E-state index in [0.717, 1.165) is 5.56 Å². The Morgan fingerprint density at radius 2 is 1.48 bits per heavy atom. The van der Waals surface area contributed by atoms with Crippen LogP contribution in [-0.2, 0) is 9.53 Å². The van der Waals surface area contributed by atoms with E-state index in [9.17, 15) is 24.9 Å². The zero-order valence-corrected chi connectivity index (χ0v) is 16.0. The Kier molecular flexibility index (Phi) is 8.03. The molecular weight excluding hydrogens is 372 g/mol. The van der Waals surface area contributed by atoms with Gasteiger partial charge < -0.3 is 20.1 Å².